The predicted molar refractivity (Wildman–Crippen MR) is 40.4 cm³/mol. The zero-order valence-electron chi connectivity index (χ0n) is 5.87. The molecule has 0 bridgehead atoms. The number of rotatable bonds is 0. The molecule has 0 aromatic rings. The number of hydrogen-bond acceptors (Lipinski definition) is 4. The van der Waals surface area contributed by atoms with Crippen LogP contribution < -0.4 is 10.6 Å². The van der Waals surface area contributed by atoms with Gasteiger partial charge in [0.05, 0.1) is 12.9 Å². The first-order valence-corrected chi connectivity index (χ1v) is 3.45. The second-order valence-corrected chi connectivity index (χ2v) is 2.43. The average Bonchev–Trinajstić information content (AvgIpc) is 2.06. The minimum absolute atomic E-state index is 0.0133. The molecule has 2 N–H and O–H groups in total. The lowest BCUT2D eigenvalue weighted by Gasteiger charge is -2.23. The minimum atomic E-state index is -0.186. The predicted octanol–water partition coefficient (Wildman–Crippen LogP) is -1.28. The molecule has 0 saturated heterocycles. The number of hydrogen-bond donors (Lipinski definition) is 2. The molecule has 5 nitrogen and oxygen atoms in total. The van der Waals surface area contributed by atoms with E-state index >= 15 is 0 Å². The Morgan fingerprint density at radius 1 is 1.64 bits per heavy atom. The van der Waals surface area contributed by atoms with Crippen molar-refractivity contribution in [1.82, 2.24) is 10.6 Å². The molecule has 2 aliphatic heterocycles. The summed E-state index contributed by atoms with van der Waals surface area (Å²) in [7, 11) is 0. The molecule has 58 valence electrons. The summed E-state index contributed by atoms with van der Waals surface area (Å²) < 4.78 is 0. The van der Waals surface area contributed by atoms with Gasteiger partial charge in [0, 0.05) is 0 Å². The Morgan fingerprint density at radius 3 is 3.36 bits per heavy atom. The molecule has 0 fully saturated rings. The van der Waals surface area contributed by atoms with Gasteiger partial charge in [-0.25, -0.2) is 0 Å². The third kappa shape index (κ3) is 0.978. The second kappa shape index (κ2) is 2.34. The van der Waals surface area contributed by atoms with Crippen molar-refractivity contribution in [2.75, 3.05) is 13.2 Å². The van der Waals surface area contributed by atoms with Gasteiger partial charge in [0.2, 0.25) is 5.91 Å². The molecule has 0 spiro atoms. The van der Waals surface area contributed by atoms with Crippen LogP contribution in [0.15, 0.2) is 9.98 Å². The number of nitrogens with one attached hydrogen (secondary N) is 2. The zero-order valence-corrected chi connectivity index (χ0v) is 5.87. The van der Waals surface area contributed by atoms with Crippen LogP contribution in [0, 0.1) is 5.92 Å². The van der Waals surface area contributed by atoms with Crippen molar-refractivity contribution < 1.29 is 4.79 Å². The van der Waals surface area contributed by atoms with Crippen molar-refractivity contribution in [2.45, 2.75) is 0 Å². The number of fused-ring (bicyclic) bond motifs is 1. The molecule has 1 unspecified atom stereocenters. The Bertz CT molecular complexity index is 245. The quantitative estimate of drug-likeness (QED) is 0.454. The van der Waals surface area contributed by atoms with Gasteiger partial charge in [-0.2, -0.15) is 0 Å². The van der Waals surface area contributed by atoms with E-state index in [0.717, 1.165) is 5.84 Å². The summed E-state index contributed by atoms with van der Waals surface area (Å²) in [5, 5.41) is 5.49. The summed E-state index contributed by atoms with van der Waals surface area (Å²) in [5.41, 5.74) is 0. The standard InChI is InChI=1S/C6H8N4O/c11-6-4-1-7-2-8-5(4)9-3-10-6/h2,4H,1,3H2,(H,10,11)(H,7,8,9). The Morgan fingerprint density at radius 2 is 2.55 bits per heavy atom. The largest absolute Gasteiger partial charge is 0.336 e. The number of carbonyl (C=O) groups is 1. The number of carbonyl (C=O) groups excluding carboxylic acids is 1. The van der Waals surface area contributed by atoms with Gasteiger partial charge in [0.1, 0.15) is 18.4 Å². The van der Waals surface area contributed by atoms with E-state index in [1.54, 1.807) is 6.34 Å². The van der Waals surface area contributed by atoms with Gasteiger partial charge in [-0.15, -0.1) is 0 Å². The lowest BCUT2D eigenvalue weighted by molar-refractivity contribution is -0.123. The fourth-order valence-electron chi connectivity index (χ4n) is 1.15. The molecule has 2 heterocycles. The maximum Gasteiger partial charge on any atom is 0.234 e. The molecular weight excluding hydrogens is 144 g/mol. The lowest BCUT2D eigenvalue weighted by atomic mass is 10.1. The van der Waals surface area contributed by atoms with Gasteiger partial charge in [-0.3, -0.25) is 14.8 Å². The van der Waals surface area contributed by atoms with Gasteiger partial charge < -0.3 is 10.6 Å². The summed E-state index contributed by atoms with van der Waals surface area (Å²) in [4.78, 5) is 19.1. The number of nitrogens with zero attached hydrogens (tertiary/aromatic N) is 2. The monoisotopic (exact) mass is 152 g/mol. The highest BCUT2D eigenvalue weighted by Crippen LogP contribution is 2.05. The Kier molecular flexibility index (Phi) is 1.34. The van der Waals surface area contributed by atoms with E-state index in [1.807, 2.05) is 0 Å². The third-order valence-corrected chi connectivity index (χ3v) is 1.74. The molecular formula is C6H8N4O. The summed E-state index contributed by atoms with van der Waals surface area (Å²) in [6.07, 6.45) is 1.58. The molecule has 1 amide bonds. The van der Waals surface area contributed by atoms with E-state index in [1.165, 1.54) is 0 Å². The molecule has 0 aliphatic carbocycles. The van der Waals surface area contributed by atoms with Crippen molar-refractivity contribution in [3.8, 4) is 0 Å². The Balaban J connectivity index is 2.27. The molecule has 0 saturated carbocycles. The van der Waals surface area contributed by atoms with Gasteiger partial charge in [0.15, 0.2) is 0 Å². The van der Waals surface area contributed by atoms with Crippen LogP contribution in [0.2, 0.25) is 0 Å². The first kappa shape index (κ1) is 6.33. The van der Waals surface area contributed by atoms with Crippen LogP contribution >= 0.6 is 0 Å². The van der Waals surface area contributed by atoms with Gasteiger partial charge in [-0.05, 0) is 0 Å². The van der Waals surface area contributed by atoms with Crippen LogP contribution in [0.3, 0.4) is 0 Å². The van der Waals surface area contributed by atoms with Crippen molar-refractivity contribution in [1.29, 1.82) is 0 Å². The highest BCUT2D eigenvalue weighted by Gasteiger charge is 2.28. The van der Waals surface area contributed by atoms with Gasteiger partial charge in [0.25, 0.3) is 0 Å². The smallest absolute Gasteiger partial charge is 0.234 e. The van der Waals surface area contributed by atoms with E-state index in [4.69, 9.17) is 0 Å². The molecule has 1 atom stereocenters. The molecule has 5 heteroatoms. The van der Waals surface area contributed by atoms with Crippen molar-refractivity contribution >= 4 is 18.1 Å². The maximum atomic E-state index is 11.1. The zero-order chi connectivity index (χ0) is 7.68. The van der Waals surface area contributed by atoms with Crippen molar-refractivity contribution in [2.24, 2.45) is 15.9 Å². The number of amides is 1. The molecule has 0 radical (unpaired) electrons. The lowest BCUT2D eigenvalue weighted by Crippen LogP contribution is -2.49. The number of aliphatic imine (C=N–C) groups is 2. The molecule has 2 aliphatic rings. The minimum Gasteiger partial charge on any atom is -0.336 e. The second-order valence-electron chi connectivity index (χ2n) is 2.43. The summed E-state index contributed by atoms with van der Waals surface area (Å²) in [6, 6.07) is 0. The van der Waals surface area contributed by atoms with Crippen LogP contribution in [0.5, 0.6) is 0 Å². The SMILES string of the molecule is O=C1NCN=C2NC=NCC12. The van der Waals surface area contributed by atoms with Crippen molar-refractivity contribution in [3.05, 3.63) is 0 Å². The van der Waals surface area contributed by atoms with Crippen LogP contribution in [0.4, 0.5) is 0 Å². The van der Waals surface area contributed by atoms with Crippen LogP contribution in [-0.4, -0.2) is 31.3 Å². The molecule has 0 aromatic carbocycles. The first-order valence-electron chi connectivity index (χ1n) is 3.45. The van der Waals surface area contributed by atoms with Crippen LogP contribution in [0.25, 0.3) is 0 Å². The normalized spacial score (nSPS) is 28.2. The van der Waals surface area contributed by atoms with Crippen molar-refractivity contribution in [3.63, 3.8) is 0 Å². The highest BCUT2D eigenvalue weighted by molar-refractivity contribution is 6.09. The maximum absolute atomic E-state index is 11.1. The molecule has 11 heavy (non-hydrogen) atoms. The summed E-state index contributed by atoms with van der Waals surface area (Å²) in [6.45, 7) is 0.892. The molecule has 2 rings (SSSR count). The first-order chi connectivity index (χ1) is 5.38. The topological polar surface area (TPSA) is 65.8 Å². The fraction of sp³-hybridized carbons (Fsp3) is 0.500. The number of amidine groups is 1. The Hall–Kier alpha value is -1.39. The Labute approximate surface area is 63.6 Å². The highest BCUT2D eigenvalue weighted by atomic mass is 16.2. The molecule has 0 aromatic heterocycles. The van der Waals surface area contributed by atoms with Gasteiger partial charge >= 0.3 is 0 Å². The van der Waals surface area contributed by atoms with E-state index in [-0.39, 0.29) is 11.8 Å². The average molecular weight is 152 g/mol. The van der Waals surface area contributed by atoms with E-state index in [0.29, 0.717) is 13.2 Å². The van der Waals surface area contributed by atoms with Crippen LogP contribution in [-0.2, 0) is 4.79 Å². The van der Waals surface area contributed by atoms with E-state index < -0.39 is 0 Å². The van der Waals surface area contributed by atoms with E-state index in [2.05, 4.69) is 20.6 Å². The third-order valence-electron chi connectivity index (χ3n) is 1.74. The fourth-order valence-corrected chi connectivity index (χ4v) is 1.15. The van der Waals surface area contributed by atoms with E-state index in [9.17, 15) is 4.79 Å². The van der Waals surface area contributed by atoms with Crippen LogP contribution in [0.1, 0.15) is 0 Å². The van der Waals surface area contributed by atoms with Gasteiger partial charge in [-0.1, -0.05) is 0 Å². The summed E-state index contributed by atoms with van der Waals surface area (Å²) >= 11 is 0. The summed E-state index contributed by atoms with van der Waals surface area (Å²) in [5.74, 6) is 0.567.